The average Bonchev–Trinajstić information content (AvgIpc) is 3.25. The monoisotopic (exact) mass is 246 g/mol. The first-order valence-electron chi connectivity index (χ1n) is 7.03. The Kier molecular flexibility index (Phi) is 3.41. The summed E-state index contributed by atoms with van der Waals surface area (Å²) in [6.07, 6.45) is 5.57. The van der Waals surface area contributed by atoms with Gasteiger partial charge in [0.15, 0.2) is 0 Å². The lowest BCUT2D eigenvalue weighted by molar-refractivity contribution is 0.0966. The lowest BCUT2D eigenvalue weighted by Gasteiger charge is -2.32. The van der Waals surface area contributed by atoms with Gasteiger partial charge in [0.2, 0.25) is 0 Å². The third kappa shape index (κ3) is 2.78. The molecule has 1 aromatic carbocycles. The Morgan fingerprint density at radius 2 is 1.72 bits per heavy atom. The molecule has 1 N–H and O–H groups in total. The number of anilines is 1. The van der Waals surface area contributed by atoms with Crippen molar-refractivity contribution in [3.8, 4) is 5.75 Å². The summed E-state index contributed by atoms with van der Waals surface area (Å²) in [5, 5.41) is 3.12. The van der Waals surface area contributed by atoms with Crippen molar-refractivity contribution in [2.45, 2.75) is 37.8 Å². The topological polar surface area (TPSA) is 24.5 Å². The largest absolute Gasteiger partial charge is 0.490 e. The van der Waals surface area contributed by atoms with E-state index in [2.05, 4.69) is 34.5 Å². The molecule has 0 aromatic heterocycles. The molecule has 0 bridgehead atoms. The highest BCUT2D eigenvalue weighted by Crippen LogP contribution is 2.30. The first-order valence-corrected chi connectivity index (χ1v) is 7.03. The molecule has 0 unspecified atom stereocenters. The zero-order chi connectivity index (χ0) is 12.4. The van der Waals surface area contributed by atoms with Gasteiger partial charge >= 0.3 is 0 Å². The van der Waals surface area contributed by atoms with E-state index in [0.29, 0.717) is 6.10 Å². The van der Waals surface area contributed by atoms with E-state index in [0.717, 1.165) is 17.5 Å². The van der Waals surface area contributed by atoms with E-state index in [4.69, 9.17) is 4.74 Å². The van der Waals surface area contributed by atoms with Crippen molar-refractivity contribution in [2.75, 3.05) is 25.5 Å². The summed E-state index contributed by atoms with van der Waals surface area (Å²) in [6.45, 7) is 2.42. The van der Waals surface area contributed by atoms with Crippen LogP contribution in [0.2, 0.25) is 0 Å². The van der Waals surface area contributed by atoms with Crippen LogP contribution in [0.1, 0.15) is 25.7 Å². The molecule has 0 spiro atoms. The van der Waals surface area contributed by atoms with E-state index in [1.54, 1.807) is 0 Å². The van der Waals surface area contributed by atoms with Crippen LogP contribution in [0.5, 0.6) is 5.75 Å². The molecule has 1 aliphatic heterocycles. The zero-order valence-electron chi connectivity index (χ0n) is 11.1. The Hall–Kier alpha value is -1.22. The number of ether oxygens (including phenoxy) is 1. The quantitative estimate of drug-likeness (QED) is 0.884. The normalized spacial score (nSPS) is 21.8. The molecule has 1 saturated heterocycles. The average molecular weight is 246 g/mol. The number of hydrogen-bond acceptors (Lipinski definition) is 3. The van der Waals surface area contributed by atoms with Gasteiger partial charge in [0.1, 0.15) is 11.9 Å². The van der Waals surface area contributed by atoms with Crippen LogP contribution in [0, 0.1) is 0 Å². The van der Waals surface area contributed by atoms with Crippen LogP contribution >= 0.6 is 0 Å². The maximum Gasteiger partial charge on any atom is 0.119 e. The smallest absolute Gasteiger partial charge is 0.119 e. The number of rotatable bonds is 4. The number of nitrogens with zero attached hydrogens (tertiary/aromatic N) is 1. The maximum absolute atomic E-state index is 6.05. The van der Waals surface area contributed by atoms with E-state index < -0.39 is 0 Å². The molecule has 0 atom stereocenters. The molecule has 0 amide bonds. The molecule has 2 fully saturated rings. The van der Waals surface area contributed by atoms with Crippen molar-refractivity contribution in [3.63, 3.8) is 0 Å². The second-order valence-corrected chi connectivity index (χ2v) is 5.36. The molecule has 3 rings (SSSR count). The van der Waals surface area contributed by atoms with Crippen molar-refractivity contribution < 1.29 is 4.74 Å². The number of likely N-dealkylation sites (tertiary alicyclic amines) is 1. The SMILES string of the molecule is CNc1ccc(OC2CCN(C3CC3)CC2)cc1. The predicted molar refractivity (Wildman–Crippen MR) is 74.2 cm³/mol. The van der Waals surface area contributed by atoms with E-state index in [-0.39, 0.29) is 0 Å². The second-order valence-electron chi connectivity index (χ2n) is 5.36. The molecule has 2 aliphatic rings. The minimum absolute atomic E-state index is 0.403. The maximum atomic E-state index is 6.05. The molecule has 1 saturated carbocycles. The molecular formula is C15H22N2O. The third-order valence-electron chi connectivity index (χ3n) is 3.99. The van der Waals surface area contributed by atoms with Crippen LogP contribution < -0.4 is 10.1 Å². The number of hydrogen-bond donors (Lipinski definition) is 1. The Morgan fingerprint density at radius 3 is 2.28 bits per heavy atom. The molecule has 3 nitrogen and oxygen atoms in total. The Bertz CT molecular complexity index is 378. The second kappa shape index (κ2) is 5.19. The van der Waals surface area contributed by atoms with Crippen LogP contribution in [0.25, 0.3) is 0 Å². The molecule has 1 heterocycles. The molecule has 3 heteroatoms. The van der Waals surface area contributed by atoms with Gasteiger partial charge in [0, 0.05) is 31.9 Å². The van der Waals surface area contributed by atoms with E-state index in [1.165, 1.54) is 38.8 Å². The first-order chi connectivity index (χ1) is 8.85. The van der Waals surface area contributed by atoms with E-state index >= 15 is 0 Å². The highest BCUT2D eigenvalue weighted by Gasteiger charge is 2.32. The Morgan fingerprint density at radius 1 is 1.06 bits per heavy atom. The number of nitrogens with one attached hydrogen (secondary N) is 1. The van der Waals surface area contributed by atoms with Gasteiger partial charge in [0.05, 0.1) is 0 Å². The summed E-state index contributed by atoms with van der Waals surface area (Å²) in [5.41, 5.74) is 1.13. The standard InChI is InChI=1S/C15H22N2O/c1-16-12-2-6-14(7-3-12)18-15-8-10-17(11-9-15)13-4-5-13/h2-3,6-7,13,15-16H,4-5,8-11H2,1H3. The van der Waals surface area contributed by atoms with Gasteiger partial charge in [-0.2, -0.15) is 0 Å². The fraction of sp³-hybridized carbons (Fsp3) is 0.600. The Labute approximate surface area is 109 Å². The van der Waals surface area contributed by atoms with Crippen molar-refractivity contribution >= 4 is 5.69 Å². The van der Waals surface area contributed by atoms with Crippen molar-refractivity contribution in [1.29, 1.82) is 0 Å². The van der Waals surface area contributed by atoms with Crippen LogP contribution in [0.15, 0.2) is 24.3 Å². The lowest BCUT2D eigenvalue weighted by Crippen LogP contribution is -2.39. The summed E-state index contributed by atoms with van der Waals surface area (Å²) in [5.74, 6) is 0.999. The summed E-state index contributed by atoms with van der Waals surface area (Å²) >= 11 is 0. The Balaban J connectivity index is 1.50. The van der Waals surface area contributed by atoms with Crippen molar-refractivity contribution in [2.24, 2.45) is 0 Å². The van der Waals surface area contributed by atoms with Crippen molar-refractivity contribution in [1.82, 2.24) is 4.90 Å². The summed E-state index contributed by atoms with van der Waals surface area (Å²) in [6, 6.07) is 9.14. The molecule has 1 aromatic rings. The van der Waals surface area contributed by atoms with Gasteiger partial charge < -0.3 is 15.0 Å². The third-order valence-corrected chi connectivity index (χ3v) is 3.99. The van der Waals surface area contributed by atoms with Crippen LogP contribution in [-0.4, -0.2) is 37.2 Å². The zero-order valence-corrected chi connectivity index (χ0v) is 11.1. The van der Waals surface area contributed by atoms with Gasteiger partial charge in [-0.05, 0) is 49.9 Å². The molecule has 1 aliphatic carbocycles. The molecule has 18 heavy (non-hydrogen) atoms. The highest BCUT2D eigenvalue weighted by molar-refractivity contribution is 5.45. The van der Waals surface area contributed by atoms with Crippen LogP contribution in [-0.2, 0) is 0 Å². The van der Waals surface area contributed by atoms with Crippen molar-refractivity contribution in [3.05, 3.63) is 24.3 Å². The molecular weight excluding hydrogens is 224 g/mol. The minimum atomic E-state index is 0.403. The highest BCUT2D eigenvalue weighted by atomic mass is 16.5. The van der Waals surface area contributed by atoms with Gasteiger partial charge in [0.25, 0.3) is 0 Å². The van der Waals surface area contributed by atoms with Gasteiger partial charge in [-0.1, -0.05) is 0 Å². The minimum Gasteiger partial charge on any atom is -0.490 e. The van der Waals surface area contributed by atoms with E-state index in [9.17, 15) is 0 Å². The van der Waals surface area contributed by atoms with Gasteiger partial charge in [-0.15, -0.1) is 0 Å². The summed E-state index contributed by atoms with van der Waals surface area (Å²) < 4.78 is 6.05. The summed E-state index contributed by atoms with van der Waals surface area (Å²) in [4.78, 5) is 2.63. The summed E-state index contributed by atoms with van der Waals surface area (Å²) in [7, 11) is 1.93. The number of piperidine rings is 1. The lowest BCUT2D eigenvalue weighted by atomic mass is 10.1. The van der Waals surface area contributed by atoms with Gasteiger partial charge in [-0.3, -0.25) is 0 Å². The number of benzene rings is 1. The van der Waals surface area contributed by atoms with Gasteiger partial charge in [-0.25, -0.2) is 0 Å². The van der Waals surface area contributed by atoms with E-state index in [1.807, 2.05) is 7.05 Å². The fourth-order valence-electron chi connectivity index (χ4n) is 2.69. The first kappa shape index (κ1) is 11.8. The van der Waals surface area contributed by atoms with Crippen LogP contribution in [0.4, 0.5) is 5.69 Å². The van der Waals surface area contributed by atoms with Crippen LogP contribution in [0.3, 0.4) is 0 Å². The molecule has 0 radical (unpaired) electrons. The predicted octanol–water partition coefficient (Wildman–Crippen LogP) is 2.73. The fourth-order valence-corrected chi connectivity index (χ4v) is 2.69. The molecule has 98 valence electrons.